The molecule has 1 aromatic carbocycles. The number of likely N-dealkylation sites (tertiary alicyclic amines) is 1. The Morgan fingerprint density at radius 3 is 3.07 bits per heavy atom. The second-order valence-corrected chi connectivity index (χ2v) is 7.62. The Morgan fingerprint density at radius 2 is 2.21 bits per heavy atom. The molecule has 6 nitrogen and oxygen atoms in total. The lowest BCUT2D eigenvalue weighted by molar-refractivity contribution is -0.121. The molecule has 0 bridgehead atoms. The number of benzene rings is 1. The zero-order chi connectivity index (χ0) is 19.5. The minimum Gasteiger partial charge on any atom is -0.508 e. The molecule has 0 aliphatic carbocycles. The van der Waals surface area contributed by atoms with Gasteiger partial charge in [-0.2, -0.15) is 0 Å². The summed E-state index contributed by atoms with van der Waals surface area (Å²) in [7, 11) is 0. The molecule has 1 amide bonds. The average Bonchev–Trinajstić information content (AvgIpc) is 3.06. The van der Waals surface area contributed by atoms with E-state index in [0.29, 0.717) is 12.2 Å². The standard InChI is InChI=1S/C22H26N4O2/c1-16-5-3-10-26-19(13-23-22(16)26)12-21(28)24-18-7-4-9-25(15-18)14-17-6-2-8-20(27)11-17/h2-3,5-6,8,10-11,13,18,27H,4,7,9,12,14-15H2,1H3,(H,24,28)/t18-/m0/s1. The maximum absolute atomic E-state index is 12.6. The fourth-order valence-corrected chi connectivity index (χ4v) is 4.01. The summed E-state index contributed by atoms with van der Waals surface area (Å²) in [5.74, 6) is 0.329. The van der Waals surface area contributed by atoms with Crippen LogP contribution in [0.3, 0.4) is 0 Å². The van der Waals surface area contributed by atoms with Crippen LogP contribution >= 0.6 is 0 Å². The van der Waals surface area contributed by atoms with Crippen molar-refractivity contribution in [2.24, 2.45) is 0 Å². The zero-order valence-electron chi connectivity index (χ0n) is 16.1. The summed E-state index contributed by atoms with van der Waals surface area (Å²) in [5.41, 5.74) is 4.00. The molecule has 2 N–H and O–H groups in total. The van der Waals surface area contributed by atoms with Crippen molar-refractivity contribution in [2.45, 2.75) is 38.8 Å². The summed E-state index contributed by atoms with van der Waals surface area (Å²) < 4.78 is 1.99. The van der Waals surface area contributed by atoms with Gasteiger partial charge in [-0.3, -0.25) is 9.69 Å². The van der Waals surface area contributed by atoms with Gasteiger partial charge >= 0.3 is 0 Å². The number of aromatic nitrogens is 2. The van der Waals surface area contributed by atoms with Gasteiger partial charge < -0.3 is 14.8 Å². The van der Waals surface area contributed by atoms with E-state index in [1.165, 1.54) is 0 Å². The van der Waals surface area contributed by atoms with Gasteiger partial charge in [0.2, 0.25) is 5.91 Å². The van der Waals surface area contributed by atoms with E-state index in [1.807, 2.05) is 41.8 Å². The number of phenolic OH excluding ortho intramolecular Hbond substituents is 1. The molecule has 1 fully saturated rings. The number of rotatable bonds is 5. The molecule has 0 radical (unpaired) electrons. The van der Waals surface area contributed by atoms with Crippen LogP contribution in [0.5, 0.6) is 5.75 Å². The quantitative estimate of drug-likeness (QED) is 0.716. The van der Waals surface area contributed by atoms with Crippen molar-refractivity contribution in [1.82, 2.24) is 19.6 Å². The topological polar surface area (TPSA) is 69.9 Å². The van der Waals surface area contributed by atoms with Gasteiger partial charge in [0.1, 0.15) is 11.4 Å². The fourth-order valence-electron chi connectivity index (χ4n) is 4.01. The lowest BCUT2D eigenvalue weighted by Gasteiger charge is -2.33. The Kier molecular flexibility index (Phi) is 5.30. The second kappa shape index (κ2) is 8.02. The molecule has 0 unspecified atom stereocenters. The number of pyridine rings is 1. The molecule has 1 aliphatic heterocycles. The van der Waals surface area contributed by atoms with Crippen molar-refractivity contribution in [3.63, 3.8) is 0 Å². The highest BCUT2D eigenvalue weighted by molar-refractivity contribution is 5.78. The Bertz CT molecular complexity index is 982. The summed E-state index contributed by atoms with van der Waals surface area (Å²) in [6.45, 7) is 4.64. The van der Waals surface area contributed by atoms with E-state index in [0.717, 1.165) is 54.9 Å². The Balaban J connectivity index is 1.35. The molecule has 28 heavy (non-hydrogen) atoms. The Hall–Kier alpha value is -2.86. The van der Waals surface area contributed by atoms with Crippen molar-refractivity contribution in [2.75, 3.05) is 13.1 Å². The van der Waals surface area contributed by atoms with Crippen molar-refractivity contribution < 1.29 is 9.90 Å². The minimum atomic E-state index is 0.0347. The van der Waals surface area contributed by atoms with E-state index in [9.17, 15) is 9.90 Å². The molecule has 3 aromatic rings. The normalized spacial score (nSPS) is 17.7. The number of amides is 1. The molecule has 146 valence electrons. The average molecular weight is 378 g/mol. The number of hydrogen-bond donors (Lipinski definition) is 2. The number of carbonyl (C=O) groups excluding carboxylic acids is 1. The third-order valence-electron chi connectivity index (χ3n) is 5.34. The first kappa shape index (κ1) is 18.5. The van der Waals surface area contributed by atoms with E-state index < -0.39 is 0 Å². The van der Waals surface area contributed by atoms with Gasteiger partial charge in [-0.25, -0.2) is 4.98 Å². The number of imidazole rings is 1. The number of fused-ring (bicyclic) bond motifs is 1. The Morgan fingerprint density at radius 1 is 1.32 bits per heavy atom. The van der Waals surface area contributed by atoms with Crippen LogP contribution in [-0.2, 0) is 17.8 Å². The van der Waals surface area contributed by atoms with Gasteiger partial charge in [0.05, 0.1) is 12.1 Å². The third kappa shape index (κ3) is 4.17. The number of carbonyl (C=O) groups is 1. The molecule has 0 spiro atoms. The zero-order valence-corrected chi connectivity index (χ0v) is 16.1. The highest BCUT2D eigenvalue weighted by atomic mass is 16.3. The summed E-state index contributed by atoms with van der Waals surface area (Å²) >= 11 is 0. The summed E-state index contributed by atoms with van der Waals surface area (Å²) in [5, 5.41) is 12.8. The highest BCUT2D eigenvalue weighted by Crippen LogP contribution is 2.17. The second-order valence-electron chi connectivity index (χ2n) is 7.62. The lowest BCUT2D eigenvalue weighted by atomic mass is 10.0. The predicted octanol–water partition coefficient (Wildman–Crippen LogP) is 2.67. The molecule has 1 atom stereocenters. The molecular weight excluding hydrogens is 352 g/mol. The van der Waals surface area contributed by atoms with Crippen molar-refractivity contribution in [1.29, 1.82) is 0 Å². The van der Waals surface area contributed by atoms with Gasteiger partial charge in [-0.15, -0.1) is 0 Å². The van der Waals surface area contributed by atoms with E-state index in [1.54, 1.807) is 18.3 Å². The lowest BCUT2D eigenvalue weighted by Crippen LogP contribution is -2.47. The van der Waals surface area contributed by atoms with Crippen LogP contribution < -0.4 is 5.32 Å². The summed E-state index contributed by atoms with van der Waals surface area (Å²) in [6.07, 6.45) is 6.12. The number of nitrogens with one attached hydrogen (secondary N) is 1. The number of hydrogen-bond acceptors (Lipinski definition) is 4. The van der Waals surface area contributed by atoms with Crippen LogP contribution in [0.2, 0.25) is 0 Å². The van der Waals surface area contributed by atoms with Gasteiger partial charge in [-0.1, -0.05) is 18.2 Å². The molecule has 2 aromatic heterocycles. The summed E-state index contributed by atoms with van der Waals surface area (Å²) in [4.78, 5) is 19.4. The third-order valence-corrected chi connectivity index (χ3v) is 5.34. The summed E-state index contributed by atoms with van der Waals surface area (Å²) in [6, 6.07) is 11.5. The first-order valence-electron chi connectivity index (χ1n) is 9.79. The fraction of sp³-hybridized carbons (Fsp3) is 0.364. The number of phenols is 1. The highest BCUT2D eigenvalue weighted by Gasteiger charge is 2.22. The van der Waals surface area contributed by atoms with Crippen molar-refractivity contribution >= 4 is 11.6 Å². The Labute approximate surface area is 164 Å². The predicted molar refractivity (Wildman–Crippen MR) is 108 cm³/mol. The van der Waals surface area contributed by atoms with Crippen LogP contribution in [0.1, 0.15) is 29.7 Å². The monoisotopic (exact) mass is 378 g/mol. The smallest absolute Gasteiger partial charge is 0.226 e. The van der Waals surface area contributed by atoms with Crippen LogP contribution in [0.15, 0.2) is 48.8 Å². The van der Waals surface area contributed by atoms with E-state index in [-0.39, 0.29) is 11.9 Å². The minimum absolute atomic E-state index is 0.0347. The first-order chi connectivity index (χ1) is 13.6. The number of nitrogens with zero attached hydrogens (tertiary/aromatic N) is 3. The first-order valence-corrected chi connectivity index (χ1v) is 9.79. The molecule has 1 aliphatic rings. The maximum atomic E-state index is 12.6. The van der Waals surface area contributed by atoms with E-state index in [4.69, 9.17) is 0 Å². The molecule has 0 saturated carbocycles. The number of aromatic hydroxyl groups is 1. The van der Waals surface area contributed by atoms with Crippen LogP contribution in [-0.4, -0.2) is 44.4 Å². The number of aryl methyl sites for hydroxylation is 1. The van der Waals surface area contributed by atoms with Crippen LogP contribution in [0.4, 0.5) is 0 Å². The van der Waals surface area contributed by atoms with E-state index in [2.05, 4.69) is 15.2 Å². The molecule has 3 heterocycles. The van der Waals surface area contributed by atoms with Crippen LogP contribution in [0, 0.1) is 6.92 Å². The molecular formula is C22H26N4O2. The van der Waals surface area contributed by atoms with Gasteiger partial charge in [0.25, 0.3) is 0 Å². The van der Waals surface area contributed by atoms with Gasteiger partial charge in [0.15, 0.2) is 0 Å². The van der Waals surface area contributed by atoms with Crippen LogP contribution in [0.25, 0.3) is 5.65 Å². The van der Waals surface area contributed by atoms with Gasteiger partial charge in [0, 0.05) is 31.5 Å². The van der Waals surface area contributed by atoms with E-state index >= 15 is 0 Å². The number of piperidine rings is 1. The SMILES string of the molecule is Cc1cccn2c(CC(=O)N[C@H]3CCCN(Cc4cccc(O)c4)C3)cnc12. The van der Waals surface area contributed by atoms with Gasteiger partial charge in [-0.05, 0) is 55.6 Å². The molecule has 6 heteroatoms. The molecule has 1 saturated heterocycles. The van der Waals surface area contributed by atoms with Crippen molar-refractivity contribution in [3.8, 4) is 5.75 Å². The molecule has 4 rings (SSSR count). The largest absolute Gasteiger partial charge is 0.508 e. The van der Waals surface area contributed by atoms with Crippen molar-refractivity contribution in [3.05, 3.63) is 65.6 Å². The maximum Gasteiger partial charge on any atom is 0.226 e.